The molecule has 4 rings (SSSR count). The van der Waals surface area contributed by atoms with Gasteiger partial charge in [0.25, 0.3) is 11.5 Å². The fraction of sp³-hybridized carbons (Fsp3) is 0.238. The predicted octanol–water partition coefficient (Wildman–Crippen LogP) is 2.57. The first-order valence-electron chi connectivity index (χ1n) is 9.45. The lowest BCUT2D eigenvalue weighted by atomic mass is 9.89. The van der Waals surface area contributed by atoms with Gasteiger partial charge in [-0.1, -0.05) is 12.1 Å². The highest BCUT2D eigenvalue weighted by Crippen LogP contribution is 2.30. The number of amides is 1. The highest BCUT2D eigenvalue weighted by atomic mass is 19.4. The first-order valence-corrected chi connectivity index (χ1v) is 9.45. The molecule has 3 aromatic rings. The van der Waals surface area contributed by atoms with E-state index in [9.17, 15) is 27.9 Å². The summed E-state index contributed by atoms with van der Waals surface area (Å²) in [6, 6.07) is 8.18. The standard InChI is InChI=1S/C21H17F3N4O3/c22-21(23,24)13-5-3-12(4-6-13)17-10-15(19(30)26-16-7-8-18(16)29)20(31)28(27-17)14-2-1-9-25-11-14/h1-6,9-11,16,18,29H,7-8H2,(H,26,30)/t16-,18+/m1/s1. The largest absolute Gasteiger partial charge is 0.416 e. The molecule has 160 valence electrons. The van der Waals surface area contributed by atoms with Crippen LogP contribution in [0.2, 0.25) is 0 Å². The second-order valence-electron chi connectivity index (χ2n) is 7.17. The molecule has 2 N–H and O–H groups in total. The maximum Gasteiger partial charge on any atom is 0.416 e. The zero-order valence-electron chi connectivity index (χ0n) is 16.0. The number of nitrogens with one attached hydrogen (secondary N) is 1. The van der Waals surface area contributed by atoms with E-state index < -0.39 is 35.4 Å². The van der Waals surface area contributed by atoms with Gasteiger partial charge < -0.3 is 10.4 Å². The number of carbonyl (C=O) groups excluding carboxylic acids is 1. The lowest BCUT2D eigenvalue weighted by Gasteiger charge is -2.32. The van der Waals surface area contributed by atoms with E-state index >= 15 is 0 Å². The topological polar surface area (TPSA) is 97.1 Å². The molecule has 0 bridgehead atoms. The highest BCUT2D eigenvalue weighted by Gasteiger charge is 2.32. The Balaban J connectivity index is 1.79. The Morgan fingerprint density at radius 1 is 1.16 bits per heavy atom. The van der Waals surface area contributed by atoms with E-state index in [1.165, 1.54) is 30.6 Å². The van der Waals surface area contributed by atoms with Gasteiger partial charge in [0.2, 0.25) is 0 Å². The molecule has 0 unspecified atom stereocenters. The van der Waals surface area contributed by atoms with Crippen LogP contribution in [-0.2, 0) is 6.18 Å². The van der Waals surface area contributed by atoms with Gasteiger partial charge in [-0.3, -0.25) is 14.6 Å². The van der Waals surface area contributed by atoms with Gasteiger partial charge in [-0.2, -0.15) is 23.0 Å². The van der Waals surface area contributed by atoms with Crippen LogP contribution < -0.4 is 10.9 Å². The van der Waals surface area contributed by atoms with Gasteiger partial charge in [0.05, 0.1) is 35.3 Å². The molecule has 1 amide bonds. The van der Waals surface area contributed by atoms with Crippen LogP contribution in [0.25, 0.3) is 16.9 Å². The molecular formula is C21H17F3N4O3. The van der Waals surface area contributed by atoms with E-state index in [0.29, 0.717) is 24.1 Å². The summed E-state index contributed by atoms with van der Waals surface area (Å²) in [6.45, 7) is 0. The summed E-state index contributed by atoms with van der Waals surface area (Å²) in [4.78, 5) is 29.6. The molecule has 0 spiro atoms. The number of carbonyl (C=O) groups is 1. The molecule has 1 saturated carbocycles. The fourth-order valence-electron chi connectivity index (χ4n) is 3.18. The Labute approximate surface area is 174 Å². The molecule has 31 heavy (non-hydrogen) atoms. The van der Waals surface area contributed by atoms with Gasteiger partial charge in [0.1, 0.15) is 5.56 Å². The molecule has 0 aliphatic heterocycles. The average Bonchev–Trinajstić information content (AvgIpc) is 2.76. The van der Waals surface area contributed by atoms with Crippen molar-refractivity contribution in [3.05, 3.63) is 76.3 Å². The molecule has 10 heteroatoms. The van der Waals surface area contributed by atoms with Gasteiger partial charge in [-0.05, 0) is 43.2 Å². The van der Waals surface area contributed by atoms with Crippen molar-refractivity contribution in [1.82, 2.24) is 20.1 Å². The number of halogens is 3. The minimum Gasteiger partial charge on any atom is -0.391 e. The first-order chi connectivity index (χ1) is 14.7. The number of hydrogen-bond acceptors (Lipinski definition) is 5. The molecule has 1 fully saturated rings. The van der Waals surface area contributed by atoms with E-state index in [1.54, 1.807) is 12.1 Å². The smallest absolute Gasteiger partial charge is 0.391 e. The maximum atomic E-state index is 12.9. The molecule has 1 aliphatic carbocycles. The van der Waals surface area contributed by atoms with Crippen LogP contribution in [0, 0.1) is 0 Å². The van der Waals surface area contributed by atoms with E-state index in [4.69, 9.17) is 0 Å². The molecular weight excluding hydrogens is 413 g/mol. The summed E-state index contributed by atoms with van der Waals surface area (Å²) in [6.07, 6.45) is -1.16. The van der Waals surface area contributed by atoms with Crippen molar-refractivity contribution in [3.63, 3.8) is 0 Å². The molecule has 7 nitrogen and oxygen atoms in total. The van der Waals surface area contributed by atoms with Crippen molar-refractivity contribution < 1.29 is 23.1 Å². The van der Waals surface area contributed by atoms with Crippen LogP contribution in [0.5, 0.6) is 0 Å². The summed E-state index contributed by atoms with van der Waals surface area (Å²) >= 11 is 0. The second-order valence-corrected chi connectivity index (χ2v) is 7.17. The van der Waals surface area contributed by atoms with Crippen molar-refractivity contribution in [3.8, 4) is 16.9 Å². The number of alkyl halides is 3. The molecule has 0 saturated heterocycles. The highest BCUT2D eigenvalue weighted by molar-refractivity contribution is 5.95. The summed E-state index contributed by atoms with van der Waals surface area (Å²) in [5.41, 5.74) is -1.06. The average molecular weight is 430 g/mol. The van der Waals surface area contributed by atoms with Gasteiger partial charge in [0, 0.05) is 11.8 Å². The quantitative estimate of drug-likeness (QED) is 0.663. The van der Waals surface area contributed by atoms with E-state index in [-0.39, 0.29) is 11.3 Å². The number of aromatic nitrogens is 3. The number of nitrogens with zero attached hydrogens (tertiary/aromatic N) is 3. The van der Waals surface area contributed by atoms with Crippen LogP contribution in [0.15, 0.2) is 59.7 Å². The molecule has 1 aromatic carbocycles. The van der Waals surface area contributed by atoms with Crippen LogP contribution >= 0.6 is 0 Å². The lowest BCUT2D eigenvalue weighted by Crippen LogP contribution is -2.51. The second kappa shape index (κ2) is 7.95. The zero-order chi connectivity index (χ0) is 22.2. The monoisotopic (exact) mass is 430 g/mol. The molecule has 0 radical (unpaired) electrons. The Kier molecular flexibility index (Phi) is 5.32. The summed E-state index contributed by atoms with van der Waals surface area (Å²) in [5, 5.41) is 16.6. The number of benzene rings is 1. The number of aliphatic hydroxyl groups is 1. The summed E-state index contributed by atoms with van der Waals surface area (Å²) in [5.74, 6) is -0.693. The van der Waals surface area contributed by atoms with E-state index in [0.717, 1.165) is 16.8 Å². The Hall–Kier alpha value is -3.53. The van der Waals surface area contributed by atoms with Crippen LogP contribution in [0.3, 0.4) is 0 Å². The Morgan fingerprint density at radius 3 is 2.45 bits per heavy atom. The number of rotatable bonds is 4. The SMILES string of the molecule is O=C(N[C@@H]1CC[C@@H]1O)c1cc(-c2ccc(C(F)(F)F)cc2)nn(-c2cccnc2)c1=O. The van der Waals surface area contributed by atoms with Gasteiger partial charge in [-0.25, -0.2) is 0 Å². The van der Waals surface area contributed by atoms with Crippen molar-refractivity contribution in [1.29, 1.82) is 0 Å². The summed E-state index contributed by atoms with van der Waals surface area (Å²) < 4.78 is 39.6. The minimum absolute atomic E-state index is 0.136. The van der Waals surface area contributed by atoms with Crippen LogP contribution in [0.1, 0.15) is 28.8 Å². The zero-order valence-corrected chi connectivity index (χ0v) is 16.0. The Bertz CT molecular complexity index is 1160. The molecule has 2 atom stereocenters. The number of aliphatic hydroxyl groups excluding tert-OH is 1. The minimum atomic E-state index is -4.49. The van der Waals surface area contributed by atoms with Crippen molar-refractivity contribution in [2.24, 2.45) is 0 Å². The third-order valence-corrected chi connectivity index (χ3v) is 5.11. The molecule has 2 heterocycles. The van der Waals surface area contributed by atoms with Crippen molar-refractivity contribution in [2.45, 2.75) is 31.2 Å². The number of hydrogen-bond donors (Lipinski definition) is 2. The van der Waals surface area contributed by atoms with Crippen LogP contribution in [-0.4, -0.2) is 37.9 Å². The normalized spacial score (nSPS) is 18.3. The van der Waals surface area contributed by atoms with Crippen molar-refractivity contribution in [2.75, 3.05) is 0 Å². The third-order valence-electron chi connectivity index (χ3n) is 5.11. The fourth-order valence-corrected chi connectivity index (χ4v) is 3.18. The van der Waals surface area contributed by atoms with Crippen LogP contribution in [0.4, 0.5) is 13.2 Å². The number of pyridine rings is 1. The predicted molar refractivity (Wildman–Crippen MR) is 105 cm³/mol. The van der Waals surface area contributed by atoms with Gasteiger partial charge in [0.15, 0.2) is 0 Å². The van der Waals surface area contributed by atoms with Gasteiger partial charge in [-0.15, -0.1) is 0 Å². The molecule has 1 aliphatic rings. The first kappa shape index (κ1) is 20.7. The van der Waals surface area contributed by atoms with Crippen molar-refractivity contribution >= 4 is 5.91 Å². The summed E-state index contributed by atoms with van der Waals surface area (Å²) in [7, 11) is 0. The molecule has 2 aromatic heterocycles. The lowest BCUT2D eigenvalue weighted by molar-refractivity contribution is -0.137. The van der Waals surface area contributed by atoms with E-state index in [2.05, 4.69) is 15.4 Å². The van der Waals surface area contributed by atoms with E-state index in [1.807, 2.05) is 0 Å². The van der Waals surface area contributed by atoms with Gasteiger partial charge >= 0.3 is 6.18 Å². The third kappa shape index (κ3) is 4.19. The Morgan fingerprint density at radius 2 is 1.90 bits per heavy atom. The maximum absolute atomic E-state index is 12.9.